The predicted octanol–water partition coefficient (Wildman–Crippen LogP) is 2.66. The summed E-state index contributed by atoms with van der Waals surface area (Å²) in [6.07, 6.45) is 4.02. The summed E-state index contributed by atoms with van der Waals surface area (Å²) in [5.74, 6) is 0. The van der Waals surface area contributed by atoms with Crippen LogP contribution in [0.1, 0.15) is 26.3 Å². The second-order valence-corrected chi connectivity index (χ2v) is 5.74. The summed E-state index contributed by atoms with van der Waals surface area (Å²) in [6.45, 7) is 5.65. The molecule has 3 N–H and O–H groups in total. The van der Waals surface area contributed by atoms with E-state index in [1.165, 1.54) is 5.56 Å². The molecule has 1 amide bonds. The molecule has 0 aliphatic carbocycles. The lowest BCUT2D eigenvalue weighted by Gasteiger charge is -2.20. The minimum absolute atomic E-state index is 0.247. The summed E-state index contributed by atoms with van der Waals surface area (Å²) in [5.41, 5.74) is 2.80. The number of benzene rings is 1. The number of hydrogen-bond donors (Lipinski definition) is 3. The summed E-state index contributed by atoms with van der Waals surface area (Å²) in [6, 6.07) is 9.64. The zero-order valence-electron chi connectivity index (χ0n) is 12.8. The second kappa shape index (κ2) is 8.44. The predicted molar refractivity (Wildman–Crippen MR) is 82.2 cm³/mol. The molecule has 21 heavy (non-hydrogen) atoms. The molecular formula is C16H24N2O3. The van der Waals surface area contributed by atoms with Crippen molar-refractivity contribution in [2.45, 2.75) is 38.8 Å². The Morgan fingerprint density at radius 1 is 1.33 bits per heavy atom. The van der Waals surface area contributed by atoms with Crippen molar-refractivity contribution in [2.75, 3.05) is 6.54 Å². The first-order valence-electron chi connectivity index (χ1n) is 6.98. The summed E-state index contributed by atoms with van der Waals surface area (Å²) in [7, 11) is 0. The highest BCUT2D eigenvalue weighted by atomic mass is 16.6. The highest BCUT2D eigenvalue weighted by molar-refractivity contribution is 5.67. The molecule has 5 heteroatoms. The second-order valence-electron chi connectivity index (χ2n) is 5.74. The molecule has 116 valence electrons. The van der Waals surface area contributed by atoms with E-state index in [1.807, 2.05) is 42.5 Å². The molecule has 0 fully saturated rings. The molecule has 1 atom stereocenters. The largest absolute Gasteiger partial charge is 0.444 e. The van der Waals surface area contributed by atoms with Gasteiger partial charge in [0.25, 0.3) is 0 Å². The molecule has 1 unspecified atom stereocenters. The third kappa shape index (κ3) is 8.12. The van der Waals surface area contributed by atoms with Crippen molar-refractivity contribution in [1.29, 1.82) is 0 Å². The van der Waals surface area contributed by atoms with E-state index >= 15 is 0 Å². The Balaban J connectivity index is 2.36. The molecule has 1 aromatic rings. The van der Waals surface area contributed by atoms with Gasteiger partial charge in [0.05, 0.1) is 6.04 Å². The number of alkyl carbamates (subject to hydrolysis) is 1. The average molecular weight is 292 g/mol. The number of amides is 1. The third-order valence-electron chi connectivity index (χ3n) is 2.60. The Kier molecular flexibility index (Phi) is 6.91. The van der Waals surface area contributed by atoms with Gasteiger partial charge in [-0.15, -0.1) is 0 Å². The van der Waals surface area contributed by atoms with Crippen molar-refractivity contribution in [3.63, 3.8) is 0 Å². The number of carbonyl (C=O) groups excluding carboxylic acids is 1. The van der Waals surface area contributed by atoms with Crippen LogP contribution < -0.4 is 10.8 Å². The number of hydroxylamine groups is 1. The molecule has 0 heterocycles. The van der Waals surface area contributed by atoms with E-state index in [2.05, 4.69) is 10.8 Å². The maximum Gasteiger partial charge on any atom is 0.407 e. The summed E-state index contributed by atoms with van der Waals surface area (Å²) < 4.78 is 5.12. The van der Waals surface area contributed by atoms with E-state index in [4.69, 9.17) is 9.94 Å². The van der Waals surface area contributed by atoms with Crippen LogP contribution in [0, 0.1) is 0 Å². The zero-order chi connectivity index (χ0) is 15.7. The van der Waals surface area contributed by atoms with Gasteiger partial charge >= 0.3 is 6.09 Å². The van der Waals surface area contributed by atoms with E-state index in [9.17, 15) is 4.79 Å². The van der Waals surface area contributed by atoms with Crippen molar-refractivity contribution in [3.05, 3.63) is 48.0 Å². The van der Waals surface area contributed by atoms with Crippen LogP contribution in [0.15, 0.2) is 42.5 Å². The Bertz CT molecular complexity index is 452. The van der Waals surface area contributed by atoms with Crippen molar-refractivity contribution in [3.8, 4) is 0 Å². The van der Waals surface area contributed by atoms with Gasteiger partial charge in [0.15, 0.2) is 0 Å². The topological polar surface area (TPSA) is 70.6 Å². The Hall–Kier alpha value is -1.85. The number of allylic oxidation sites excluding steroid dienone is 1. The van der Waals surface area contributed by atoms with Crippen molar-refractivity contribution < 1.29 is 14.7 Å². The van der Waals surface area contributed by atoms with Gasteiger partial charge in [0.1, 0.15) is 5.60 Å². The molecule has 0 bridgehead atoms. The molecule has 0 aliphatic heterocycles. The fraction of sp³-hybridized carbons (Fsp3) is 0.438. The maximum absolute atomic E-state index is 11.5. The van der Waals surface area contributed by atoms with E-state index in [-0.39, 0.29) is 12.6 Å². The van der Waals surface area contributed by atoms with Crippen LogP contribution in [0.25, 0.3) is 0 Å². The van der Waals surface area contributed by atoms with Crippen LogP contribution in [0.5, 0.6) is 0 Å². The Labute approximate surface area is 126 Å². The van der Waals surface area contributed by atoms with E-state index in [0.717, 1.165) is 6.42 Å². The quantitative estimate of drug-likeness (QED) is 0.557. The fourth-order valence-corrected chi connectivity index (χ4v) is 1.65. The van der Waals surface area contributed by atoms with E-state index in [0.29, 0.717) is 0 Å². The van der Waals surface area contributed by atoms with Gasteiger partial charge in [0, 0.05) is 6.54 Å². The van der Waals surface area contributed by atoms with Crippen LogP contribution >= 0.6 is 0 Å². The summed E-state index contributed by atoms with van der Waals surface area (Å²) >= 11 is 0. The monoisotopic (exact) mass is 292 g/mol. The molecule has 5 nitrogen and oxygen atoms in total. The first kappa shape index (κ1) is 17.2. The smallest absolute Gasteiger partial charge is 0.407 e. The average Bonchev–Trinajstić information content (AvgIpc) is 2.42. The molecule has 1 aromatic carbocycles. The first-order valence-corrected chi connectivity index (χ1v) is 6.98. The van der Waals surface area contributed by atoms with Crippen LogP contribution in [0.3, 0.4) is 0 Å². The van der Waals surface area contributed by atoms with Gasteiger partial charge in [-0.25, -0.2) is 4.79 Å². The third-order valence-corrected chi connectivity index (χ3v) is 2.60. The standard InChI is InChI=1S/C16H24N2O3/c1-16(2,3)21-15(19)17-12-14(18-20)11-7-10-13-8-5-4-6-9-13/h4-9,11,14,18,20H,10,12H2,1-3H3,(H,17,19)/b11-7+. The van der Waals surface area contributed by atoms with Gasteiger partial charge in [-0.05, 0) is 32.8 Å². The number of rotatable bonds is 6. The van der Waals surface area contributed by atoms with Gasteiger partial charge < -0.3 is 15.3 Å². The number of ether oxygens (including phenoxy) is 1. The SMILES string of the molecule is CC(C)(C)OC(=O)NCC(/C=C/Cc1ccccc1)NO. The Morgan fingerprint density at radius 3 is 2.57 bits per heavy atom. The number of nitrogens with one attached hydrogen (secondary N) is 2. The number of carbonyl (C=O) groups is 1. The lowest BCUT2D eigenvalue weighted by molar-refractivity contribution is 0.0512. The van der Waals surface area contributed by atoms with Crippen molar-refractivity contribution in [1.82, 2.24) is 10.8 Å². The lowest BCUT2D eigenvalue weighted by Crippen LogP contribution is -2.40. The minimum atomic E-state index is -0.532. The first-order chi connectivity index (χ1) is 9.90. The van der Waals surface area contributed by atoms with Crippen LogP contribution in [0.2, 0.25) is 0 Å². The molecule has 0 spiro atoms. The van der Waals surface area contributed by atoms with Gasteiger partial charge in [-0.3, -0.25) is 0 Å². The highest BCUT2D eigenvalue weighted by Crippen LogP contribution is 2.06. The normalized spacial score (nSPS) is 13.1. The Morgan fingerprint density at radius 2 is 2.00 bits per heavy atom. The fourth-order valence-electron chi connectivity index (χ4n) is 1.65. The number of hydrogen-bond acceptors (Lipinski definition) is 4. The molecule has 0 saturated carbocycles. The zero-order valence-corrected chi connectivity index (χ0v) is 12.8. The summed E-state index contributed by atoms with van der Waals surface area (Å²) in [5, 5.41) is 11.7. The van der Waals surface area contributed by atoms with Crippen molar-refractivity contribution >= 4 is 6.09 Å². The highest BCUT2D eigenvalue weighted by Gasteiger charge is 2.16. The molecule has 0 saturated heterocycles. The maximum atomic E-state index is 11.5. The molecule has 0 aromatic heterocycles. The van der Waals surface area contributed by atoms with E-state index in [1.54, 1.807) is 20.8 Å². The molecule has 0 aliphatic rings. The molecule has 0 radical (unpaired) electrons. The van der Waals surface area contributed by atoms with Gasteiger partial charge in [0.2, 0.25) is 0 Å². The van der Waals surface area contributed by atoms with Crippen LogP contribution in [-0.2, 0) is 11.2 Å². The van der Waals surface area contributed by atoms with Crippen LogP contribution in [0.4, 0.5) is 4.79 Å². The van der Waals surface area contributed by atoms with Crippen molar-refractivity contribution in [2.24, 2.45) is 0 Å². The lowest BCUT2D eigenvalue weighted by atomic mass is 10.1. The van der Waals surface area contributed by atoms with Gasteiger partial charge in [-0.1, -0.05) is 42.5 Å². The molecule has 1 rings (SSSR count). The van der Waals surface area contributed by atoms with Crippen LogP contribution in [-0.4, -0.2) is 29.5 Å². The summed E-state index contributed by atoms with van der Waals surface area (Å²) in [4.78, 5) is 11.5. The molecular weight excluding hydrogens is 268 g/mol. The minimum Gasteiger partial charge on any atom is -0.444 e. The van der Waals surface area contributed by atoms with Gasteiger partial charge in [-0.2, -0.15) is 5.48 Å². The van der Waals surface area contributed by atoms with E-state index < -0.39 is 11.7 Å².